The van der Waals surface area contributed by atoms with Crippen LogP contribution in [0.3, 0.4) is 0 Å². The lowest BCUT2D eigenvalue weighted by atomic mass is 10.2. The number of para-hydroxylation sites is 1. The molecule has 0 radical (unpaired) electrons. The summed E-state index contributed by atoms with van der Waals surface area (Å²) in [5.41, 5.74) is 1.06. The van der Waals surface area contributed by atoms with Gasteiger partial charge >= 0.3 is 0 Å². The number of nitrogens with one attached hydrogen (secondary N) is 1. The van der Waals surface area contributed by atoms with E-state index in [9.17, 15) is 9.18 Å². The van der Waals surface area contributed by atoms with Gasteiger partial charge in [0, 0.05) is 21.8 Å². The fourth-order valence-electron chi connectivity index (χ4n) is 1.51. The third kappa shape index (κ3) is 4.03. The molecule has 0 unspecified atom stereocenters. The van der Waals surface area contributed by atoms with Gasteiger partial charge < -0.3 is 5.32 Å². The van der Waals surface area contributed by atoms with E-state index in [0.29, 0.717) is 11.3 Å². The Morgan fingerprint density at radius 1 is 1.16 bits per heavy atom. The van der Waals surface area contributed by atoms with E-state index >= 15 is 0 Å². The Bertz CT molecular complexity index is 611. The fraction of sp³-hybridized carbons (Fsp3) is 0. The van der Waals surface area contributed by atoms with Gasteiger partial charge in [0.25, 0.3) is 0 Å². The number of hydrogen-bond donors (Lipinski definition) is 1. The van der Waals surface area contributed by atoms with Crippen LogP contribution in [0.4, 0.5) is 10.1 Å². The molecule has 2 nitrogen and oxygen atoms in total. The Morgan fingerprint density at radius 2 is 1.89 bits per heavy atom. The Balaban J connectivity index is 2.06. The largest absolute Gasteiger partial charge is 0.323 e. The maximum atomic E-state index is 13.4. The summed E-state index contributed by atoms with van der Waals surface area (Å²) in [5, 5.41) is 2.69. The smallest absolute Gasteiger partial charge is 0.248 e. The minimum Gasteiger partial charge on any atom is -0.323 e. The number of halogens is 2. The van der Waals surface area contributed by atoms with E-state index in [1.807, 2.05) is 18.2 Å². The highest BCUT2D eigenvalue weighted by molar-refractivity contribution is 9.10. The van der Waals surface area contributed by atoms with E-state index < -0.39 is 0 Å². The normalized spacial score (nSPS) is 10.6. The summed E-state index contributed by atoms with van der Waals surface area (Å²) in [6.45, 7) is 0. The van der Waals surface area contributed by atoms with E-state index in [2.05, 4.69) is 21.2 Å². The first-order valence-corrected chi connectivity index (χ1v) is 6.43. The summed E-state index contributed by atoms with van der Waals surface area (Å²) in [5.74, 6) is -0.669. The number of rotatable bonds is 3. The van der Waals surface area contributed by atoms with Gasteiger partial charge in [-0.1, -0.05) is 34.1 Å². The van der Waals surface area contributed by atoms with Crippen molar-refractivity contribution < 1.29 is 9.18 Å². The van der Waals surface area contributed by atoms with Gasteiger partial charge in [-0.2, -0.15) is 0 Å². The van der Waals surface area contributed by atoms with Crippen molar-refractivity contribution in [2.24, 2.45) is 0 Å². The highest BCUT2D eigenvalue weighted by atomic mass is 79.9. The average molecular weight is 320 g/mol. The van der Waals surface area contributed by atoms with Gasteiger partial charge in [-0.05, 0) is 36.4 Å². The van der Waals surface area contributed by atoms with Crippen LogP contribution < -0.4 is 5.32 Å². The lowest BCUT2D eigenvalue weighted by Gasteiger charge is -2.01. The van der Waals surface area contributed by atoms with Gasteiger partial charge in [0.15, 0.2) is 0 Å². The number of anilines is 1. The summed E-state index contributed by atoms with van der Waals surface area (Å²) in [6, 6.07) is 13.6. The highest BCUT2D eigenvalue weighted by Gasteiger charge is 2.01. The molecular formula is C15H11BrFNO. The Hall–Kier alpha value is -1.94. The molecule has 2 aromatic carbocycles. The molecule has 0 fully saturated rings. The van der Waals surface area contributed by atoms with Crippen molar-refractivity contribution in [2.75, 3.05) is 5.32 Å². The molecule has 0 aliphatic rings. The van der Waals surface area contributed by atoms with E-state index in [-0.39, 0.29) is 11.7 Å². The van der Waals surface area contributed by atoms with Crippen LogP contribution in [0.15, 0.2) is 59.1 Å². The van der Waals surface area contributed by atoms with Crippen LogP contribution in [0.25, 0.3) is 6.08 Å². The molecule has 96 valence electrons. The second kappa shape index (κ2) is 6.29. The lowest BCUT2D eigenvalue weighted by Crippen LogP contribution is -2.07. The minimum absolute atomic E-state index is 0.300. The third-order valence-electron chi connectivity index (χ3n) is 2.41. The average Bonchev–Trinajstić information content (AvgIpc) is 2.41. The van der Waals surface area contributed by atoms with Crippen molar-refractivity contribution in [2.45, 2.75) is 0 Å². The summed E-state index contributed by atoms with van der Waals surface area (Å²) < 4.78 is 14.2. The van der Waals surface area contributed by atoms with Crippen molar-refractivity contribution in [1.82, 2.24) is 0 Å². The fourth-order valence-corrected chi connectivity index (χ4v) is 1.89. The predicted octanol–water partition coefficient (Wildman–Crippen LogP) is 4.24. The molecule has 2 rings (SSSR count). The zero-order valence-electron chi connectivity index (χ0n) is 9.94. The molecule has 19 heavy (non-hydrogen) atoms. The topological polar surface area (TPSA) is 29.1 Å². The van der Waals surface area contributed by atoms with Crippen LogP contribution in [0, 0.1) is 5.82 Å². The zero-order chi connectivity index (χ0) is 13.7. The first-order chi connectivity index (χ1) is 9.15. The predicted molar refractivity (Wildman–Crippen MR) is 78.2 cm³/mol. The van der Waals surface area contributed by atoms with Crippen molar-refractivity contribution >= 4 is 33.6 Å². The van der Waals surface area contributed by atoms with E-state index in [4.69, 9.17) is 0 Å². The van der Waals surface area contributed by atoms with E-state index in [1.54, 1.807) is 24.3 Å². The van der Waals surface area contributed by atoms with Crippen molar-refractivity contribution in [3.63, 3.8) is 0 Å². The van der Waals surface area contributed by atoms with Gasteiger partial charge in [0.1, 0.15) is 5.82 Å². The number of benzene rings is 2. The molecule has 0 saturated carbocycles. The van der Waals surface area contributed by atoms with Crippen molar-refractivity contribution in [3.8, 4) is 0 Å². The maximum Gasteiger partial charge on any atom is 0.248 e. The molecule has 0 aliphatic carbocycles. The second-order valence-corrected chi connectivity index (χ2v) is 4.77. The first-order valence-electron chi connectivity index (χ1n) is 5.64. The number of amides is 1. The molecule has 4 heteroatoms. The molecule has 0 spiro atoms. The molecular weight excluding hydrogens is 309 g/mol. The monoisotopic (exact) mass is 319 g/mol. The molecule has 0 bridgehead atoms. The quantitative estimate of drug-likeness (QED) is 0.842. The maximum absolute atomic E-state index is 13.4. The number of carbonyl (C=O) groups is 1. The van der Waals surface area contributed by atoms with E-state index in [0.717, 1.165) is 4.47 Å². The van der Waals surface area contributed by atoms with Crippen LogP contribution in [0.1, 0.15) is 5.56 Å². The van der Waals surface area contributed by atoms with Gasteiger partial charge in [-0.15, -0.1) is 0 Å². The van der Waals surface area contributed by atoms with Crippen LogP contribution in [0.2, 0.25) is 0 Å². The van der Waals surface area contributed by atoms with Crippen LogP contribution in [0.5, 0.6) is 0 Å². The standard InChI is InChI=1S/C15H11BrFNO/c16-12-7-8-14(17)11(10-12)6-9-15(19)18-13-4-2-1-3-5-13/h1-10H,(H,18,19). The summed E-state index contributed by atoms with van der Waals surface area (Å²) >= 11 is 3.26. The van der Waals surface area contributed by atoms with Crippen LogP contribution in [-0.4, -0.2) is 5.91 Å². The van der Waals surface area contributed by atoms with Gasteiger partial charge in [0.05, 0.1) is 0 Å². The summed E-state index contributed by atoms with van der Waals surface area (Å²) in [7, 11) is 0. The zero-order valence-corrected chi connectivity index (χ0v) is 11.5. The molecule has 1 N–H and O–H groups in total. The molecule has 0 aromatic heterocycles. The second-order valence-electron chi connectivity index (χ2n) is 3.85. The molecule has 0 heterocycles. The van der Waals surface area contributed by atoms with E-state index in [1.165, 1.54) is 18.2 Å². The minimum atomic E-state index is -0.369. The van der Waals surface area contributed by atoms with Crippen LogP contribution >= 0.6 is 15.9 Å². The molecule has 1 amide bonds. The summed E-state index contributed by atoms with van der Waals surface area (Å²) in [6.07, 6.45) is 2.75. The SMILES string of the molecule is O=C(C=Cc1cc(Br)ccc1F)Nc1ccccc1. The highest BCUT2D eigenvalue weighted by Crippen LogP contribution is 2.16. The Kier molecular flexibility index (Phi) is 4.47. The molecule has 0 saturated heterocycles. The lowest BCUT2D eigenvalue weighted by molar-refractivity contribution is -0.111. The number of carbonyl (C=O) groups excluding carboxylic acids is 1. The van der Waals surface area contributed by atoms with Gasteiger partial charge in [-0.25, -0.2) is 4.39 Å². The van der Waals surface area contributed by atoms with Crippen LogP contribution in [-0.2, 0) is 4.79 Å². The first kappa shape index (κ1) is 13.5. The van der Waals surface area contributed by atoms with Crippen molar-refractivity contribution in [3.05, 3.63) is 70.5 Å². The molecule has 0 aliphatic heterocycles. The third-order valence-corrected chi connectivity index (χ3v) is 2.91. The number of hydrogen-bond acceptors (Lipinski definition) is 1. The Morgan fingerprint density at radius 3 is 2.63 bits per heavy atom. The molecule has 0 atom stereocenters. The van der Waals surface area contributed by atoms with Crippen molar-refractivity contribution in [1.29, 1.82) is 0 Å². The van der Waals surface area contributed by atoms with Gasteiger partial charge in [0.2, 0.25) is 5.91 Å². The summed E-state index contributed by atoms with van der Waals surface area (Å²) in [4.78, 5) is 11.6. The Labute approximate surface area is 119 Å². The van der Waals surface area contributed by atoms with Gasteiger partial charge in [-0.3, -0.25) is 4.79 Å². The molecule has 2 aromatic rings.